The van der Waals surface area contributed by atoms with Crippen LogP contribution in [0.15, 0.2) is 30.5 Å². The van der Waals surface area contributed by atoms with Crippen molar-refractivity contribution >= 4 is 23.3 Å². The summed E-state index contributed by atoms with van der Waals surface area (Å²) in [6.07, 6.45) is 1.70. The first-order valence-corrected chi connectivity index (χ1v) is 6.75. The van der Waals surface area contributed by atoms with Crippen molar-refractivity contribution in [3.63, 3.8) is 0 Å². The Morgan fingerprint density at radius 1 is 1.52 bits per heavy atom. The summed E-state index contributed by atoms with van der Waals surface area (Å²) in [5.74, 6) is 5.30. The molecule has 0 spiro atoms. The number of aliphatic hydroxyl groups excluding tert-OH is 1. The van der Waals surface area contributed by atoms with Gasteiger partial charge in [0.2, 0.25) is 0 Å². The lowest BCUT2D eigenvalue weighted by Crippen LogP contribution is -2.17. The molecule has 108 valence electrons. The number of nitrogens with one attached hydrogen (secondary N) is 1. The highest BCUT2D eigenvalue weighted by molar-refractivity contribution is 6.31. The predicted octanol–water partition coefficient (Wildman–Crippen LogP) is 2.15. The number of amides is 1. The van der Waals surface area contributed by atoms with Gasteiger partial charge in [0, 0.05) is 12.7 Å². The summed E-state index contributed by atoms with van der Waals surface area (Å²) in [7, 11) is 0. The smallest absolute Gasteiger partial charge is 0.273 e. The third-order valence-corrected chi connectivity index (χ3v) is 2.93. The van der Waals surface area contributed by atoms with E-state index in [9.17, 15) is 4.79 Å². The van der Waals surface area contributed by atoms with Crippen molar-refractivity contribution < 1.29 is 9.90 Å². The molecule has 0 aliphatic heterocycles. The molecule has 1 amide bonds. The molecule has 2 aromatic heterocycles. The molecule has 0 saturated carbocycles. The van der Waals surface area contributed by atoms with Crippen molar-refractivity contribution in [3.05, 3.63) is 46.9 Å². The van der Waals surface area contributed by atoms with Crippen LogP contribution in [0.5, 0.6) is 0 Å². The Morgan fingerprint density at radius 2 is 2.33 bits per heavy atom. The molecule has 6 heteroatoms. The quantitative estimate of drug-likeness (QED) is 0.854. The summed E-state index contributed by atoms with van der Waals surface area (Å²) in [6.45, 7) is 2.34. The minimum atomic E-state index is -0.288. The van der Waals surface area contributed by atoms with E-state index < -0.39 is 0 Å². The van der Waals surface area contributed by atoms with E-state index in [4.69, 9.17) is 16.7 Å². The summed E-state index contributed by atoms with van der Waals surface area (Å²) in [4.78, 5) is 16.4. The van der Waals surface area contributed by atoms with Gasteiger partial charge < -0.3 is 15.0 Å². The Morgan fingerprint density at radius 3 is 3.05 bits per heavy atom. The number of rotatable bonds is 3. The molecule has 0 unspecified atom stereocenters. The first kappa shape index (κ1) is 15.1. The molecule has 0 radical (unpaired) electrons. The normalized spacial score (nSPS) is 9.86. The van der Waals surface area contributed by atoms with Crippen LogP contribution < -0.4 is 5.32 Å². The van der Waals surface area contributed by atoms with E-state index in [1.54, 1.807) is 35.0 Å². The maximum Gasteiger partial charge on any atom is 0.273 e. The Bertz CT molecular complexity index is 713. The summed E-state index contributed by atoms with van der Waals surface area (Å²) in [5, 5.41) is 11.9. The molecular formula is C15H14ClN3O2. The van der Waals surface area contributed by atoms with Gasteiger partial charge in [0.15, 0.2) is 0 Å². The minimum absolute atomic E-state index is 0.235. The number of carbonyl (C=O) groups excluding carboxylic acids is 1. The van der Waals surface area contributed by atoms with Crippen LogP contribution in [0.25, 0.3) is 0 Å². The minimum Gasteiger partial charge on any atom is -0.384 e. The van der Waals surface area contributed by atoms with E-state index in [2.05, 4.69) is 22.1 Å². The van der Waals surface area contributed by atoms with Crippen molar-refractivity contribution in [3.8, 4) is 11.8 Å². The van der Waals surface area contributed by atoms with Crippen LogP contribution in [0.2, 0.25) is 5.02 Å². The van der Waals surface area contributed by atoms with Gasteiger partial charge in [-0.15, -0.1) is 0 Å². The lowest BCUT2D eigenvalue weighted by molar-refractivity contribution is 0.101. The Kier molecular flexibility index (Phi) is 4.99. The molecule has 21 heavy (non-hydrogen) atoms. The molecule has 0 aliphatic carbocycles. The first-order chi connectivity index (χ1) is 10.1. The zero-order chi connectivity index (χ0) is 15.2. The average molecular weight is 304 g/mol. The third-order valence-electron chi connectivity index (χ3n) is 2.72. The van der Waals surface area contributed by atoms with E-state index in [0.717, 1.165) is 0 Å². The largest absolute Gasteiger partial charge is 0.384 e. The Hall–Kier alpha value is -2.29. The van der Waals surface area contributed by atoms with Gasteiger partial charge in [-0.05, 0) is 31.0 Å². The average Bonchev–Trinajstić information content (AvgIpc) is 2.87. The highest BCUT2D eigenvalue weighted by Gasteiger charge is 2.13. The third kappa shape index (κ3) is 3.85. The van der Waals surface area contributed by atoms with Gasteiger partial charge in [-0.2, -0.15) is 0 Å². The van der Waals surface area contributed by atoms with Gasteiger partial charge in [-0.25, -0.2) is 4.98 Å². The van der Waals surface area contributed by atoms with Crippen LogP contribution in [0.1, 0.15) is 23.1 Å². The molecule has 0 aromatic carbocycles. The Labute approximate surface area is 127 Å². The van der Waals surface area contributed by atoms with Gasteiger partial charge in [-0.3, -0.25) is 4.79 Å². The zero-order valence-corrected chi connectivity index (χ0v) is 12.2. The van der Waals surface area contributed by atoms with Crippen molar-refractivity contribution in [2.45, 2.75) is 13.5 Å². The fourth-order valence-corrected chi connectivity index (χ4v) is 2.03. The second-order valence-electron chi connectivity index (χ2n) is 4.15. The lowest BCUT2D eigenvalue weighted by atomic mass is 10.3. The molecular weight excluding hydrogens is 290 g/mol. The molecule has 2 aromatic rings. The second kappa shape index (κ2) is 6.93. The lowest BCUT2D eigenvalue weighted by Gasteiger charge is -2.07. The fraction of sp³-hybridized carbons (Fsp3) is 0.200. The molecule has 5 nitrogen and oxygen atoms in total. The van der Waals surface area contributed by atoms with Gasteiger partial charge in [0.1, 0.15) is 23.8 Å². The summed E-state index contributed by atoms with van der Waals surface area (Å²) in [6, 6.07) is 6.71. The first-order valence-electron chi connectivity index (χ1n) is 6.38. The van der Waals surface area contributed by atoms with Gasteiger partial charge in [0.25, 0.3) is 5.91 Å². The molecule has 2 N–H and O–H groups in total. The number of nitrogens with zero attached hydrogens (tertiary/aromatic N) is 2. The standard InChI is InChI=1S/C15H14ClN3O2/c1-2-19-10-11(16)9-13(19)15(21)18-14-7-3-5-12(17-14)6-4-8-20/h3,5,7,9-10,20H,2,8H2,1H3,(H,17,18,21). The number of pyridine rings is 1. The van der Waals surface area contributed by atoms with Gasteiger partial charge in [0.05, 0.1) is 5.02 Å². The molecule has 2 heterocycles. The van der Waals surface area contributed by atoms with E-state index in [0.29, 0.717) is 28.8 Å². The van der Waals surface area contributed by atoms with Crippen molar-refractivity contribution in [2.24, 2.45) is 0 Å². The number of halogens is 1. The van der Waals surface area contributed by atoms with E-state index in [1.165, 1.54) is 0 Å². The van der Waals surface area contributed by atoms with Crippen LogP contribution in [0, 0.1) is 11.8 Å². The molecule has 0 saturated heterocycles. The van der Waals surface area contributed by atoms with Crippen LogP contribution in [0.4, 0.5) is 5.82 Å². The van der Waals surface area contributed by atoms with E-state index in [1.807, 2.05) is 6.92 Å². The van der Waals surface area contributed by atoms with Gasteiger partial charge in [-0.1, -0.05) is 23.6 Å². The molecule has 0 bridgehead atoms. The van der Waals surface area contributed by atoms with Crippen LogP contribution in [-0.4, -0.2) is 27.2 Å². The monoisotopic (exact) mass is 303 g/mol. The number of hydrogen-bond donors (Lipinski definition) is 2. The SMILES string of the molecule is CCn1cc(Cl)cc1C(=O)Nc1cccc(C#CCO)n1. The van der Waals surface area contributed by atoms with Gasteiger partial charge >= 0.3 is 0 Å². The Balaban J connectivity index is 2.19. The number of aliphatic hydroxyl groups is 1. The predicted molar refractivity (Wildman–Crippen MR) is 81.3 cm³/mol. The summed E-state index contributed by atoms with van der Waals surface area (Å²) in [5.41, 5.74) is 0.946. The highest BCUT2D eigenvalue weighted by Crippen LogP contribution is 2.15. The maximum atomic E-state index is 12.2. The summed E-state index contributed by atoms with van der Waals surface area (Å²) < 4.78 is 1.76. The second-order valence-corrected chi connectivity index (χ2v) is 4.59. The fourth-order valence-electron chi connectivity index (χ4n) is 1.81. The van der Waals surface area contributed by atoms with Crippen LogP contribution in [0.3, 0.4) is 0 Å². The van der Waals surface area contributed by atoms with Crippen molar-refractivity contribution in [1.29, 1.82) is 0 Å². The van der Waals surface area contributed by atoms with E-state index in [-0.39, 0.29) is 12.5 Å². The topological polar surface area (TPSA) is 67.2 Å². The molecule has 2 rings (SSSR count). The van der Waals surface area contributed by atoms with Crippen LogP contribution >= 0.6 is 11.6 Å². The van der Waals surface area contributed by atoms with Crippen molar-refractivity contribution in [2.75, 3.05) is 11.9 Å². The number of hydrogen-bond acceptors (Lipinski definition) is 3. The molecule has 0 aliphatic rings. The summed E-state index contributed by atoms with van der Waals surface area (Å²) >= 11 is 5.92. The number of aromatic nitrogens is 2. The number of aryl methyl sites for hydroxylation is 1. The molecule has 0 fully saturated rings. The zero-order valence-electron chi connectivity index (χ0n) is 11.4. The maximum absolute atomic E-state index is 12.2. The van der Waals surface area contributed by atoms with E-state index >= 15 is 0 Å². The number of carbonyl (C=O) groups is 1. The highest BCUT2D eigenvalue weighted by atomic mass is 35.5. The van der Waals surface area contributed by atoms with Crippen LogP contribution in [-0.2, 0) is 6.54 Å². The van der Waals surface area contributed by atoms with Crippen molar-refractivity contribution in [1.82, 2.24) is 9.55 Å². The number of anilines is 1. The molecule has 0 atom stereocenters.